The molecular weight excluding hydrogens is 286 g/mol. The lowest BCUT2D eigenvalue weighted by Gasteiger charge is -2.17. The number of rotatable bonds is 8. The van der Waals surface area contributed by atoms with Crippen LogP contribution in [0.4, 0.5) is 0 Å². The number of unbranched alkanes of at least 4 members (excludes halogenated alkanes) is 2. The van der Waals surface area contributed by atoms with Gasteiger partial charge in [-0.25, -0.2) is 0 Å². The highest BCUT2D eigenvalue weighted by Crippen LogP contribution is 2.15. The van der Waals surface area contributed by atoms with Crippen LogP contribution >= 0.6 is 15.9 Å². The minimum atomic E-state index is 0.626. The summed E-state index contributed by atoms with van der Waals surface area (Å²) < 4.78 is 0. The maximum atomic E-state index is 3.48. The van der Waals surface area contributed by atoms with Crippen LogP contribution in [0, 0.1) is 0 Å². The topological polar surface area (TPSA) is 3.24 Å². The second kappa shape index (κ2) is 8.71. The molecule has 1 aromatic carbocycles. The third-order valence-electron chi connectivity index (χ3n) is 3.27. The molecule has 0 N–H and O–H groups in total. The average Bonchev–Trinajstić information content (AvgIpc) is 2.35. The Morgan fingerprint density at radius 2 is 1.72 bits per heavy atom. The third-order valence-corrected chi connectivity index (χ3v) is 3.83. The van der Waals surface area contributed by atoms with Crippen LogP contribution < -0.4 is 0 Å². The monoisotopic (exact) mass is 311 g/mol. The Morgan fingerprint density at radius 3 is 2.28 bits per heavy atom. The summed E-state index contributed by atoms with van der Waals surface area (Å²) in [7, 11) is 2.21. The van der Waals surface area contributed by atoms with Crippen LogP contribution in [-0.2, 0) is 6.54 Å². The summed E-state index contributed by atoms with van der Waals surface area (Å²) in [5.74, 6) is 0.626. The van der Waals surface area contributed by atoms with E-state index >= 15 is 0 Å². The van der Waals surface area contributed by atoms with Crippen molar-refractivity contribution >= 4 is 15.9 Å². The fourth-order valence-electron chi connectivity index (χ4n) is 2.05. The lowest BCUT2D eigenvalue weighted by atomic mass is 10.0. The summed E-state index contributed by atoms with van der Waals surface area (Å²) in [6.45, 7) is 6.74. The number of halogens is 1. The lowest BCUT2D eigenvalue weighted by Crippen LogP contribution is -2.19. The zero-order valence-corrected chi connectivity index (χ0v) is 13.5. The lowest BCUT2D eigenvalue weighted by molar-refractivity contribution is 0.318. The molecule has 18 heavy (non-hydrogen) atoms. The van der Waals surface area contributed by atoms with Crippen LogP contribution in [0.1, 0.15) is 50.2 Å². The summed E-state index contributed by atoms with van der Waals surface area (Å²) in [5.41, 5.74) is 2.85. The Kier molecular flexibility index (Phi) is 7.60. The highest BCUT2D eigenvalue weighted by Gasteiger charge is 2.02. The first-order valence-electron chi connectivity index (χ1n) is 6.97. The number of hydrogen-bond donors (Lipinski definition) is 0. The third kappa shape index (κ3) is 6.01. The van der Waals surface area contributed by atoms with Crippen molar-refractivity contribution in [2.45, 2.75) is 45.6 Å². The van der Waals surface area contributed by atoms with Crippen molar-refractivity contribution < 1.29 is 0 Å². The standard InChI is InChI=1S/C16H26BrN/c1-14(2)16-9-7-15(8-10-16)13-18(3)12-6-4-5-11-17/h7-10,14H,4-6,11-13H2,1-3H3. The van der Waals surface area contributed by atoms with E-state index in [1.54, 1.807) is 0 Å². The van der Waals surface area contributed by atoms with Crippen LogP contribution in [0.15, 0.2) is 24.3 Å². The predicted octanol–water partition coefficient (Wildman–Crippen LogP) is 4.81. The van der Waals surface area contributed by atoms with Crippen LogP contribution in [0.3, 0.4) is 0 Å². The molecule has 102 valence electrons. The normalized spacial score (nSPS) is 11.4. The average molecular weight is 312 g/mol. The van der Waals surface area contributed by atoms with Gasteiger partial charge in [-0.15, -0.1) is 0 Å². The van der Waals surface area contributed by atoms with Gasteiger partial charge < -0.3 is 4.90 Å². The van der Waals surface area contributed by atoms with Gasteiger partial charge in [-0.3, -0.25) is 0 Å². The highest BCUT2D eigenvalue weighted by molar-refractivity contribution is 9.09. The van der Waals surface area contributed by atoms with Gasteiger partial charge >= 0.3 is 0 Å². The van der Waals surface area contributed by atoms with Crippen molar-refractivity contribution in [2.75, 3.05) is 18.9 Å². The first-order chi connectivity index (χ1) is 8.63. The molecule has 1 nitrogen and oxygen atoms in total. The second-order valence-corrected chi connectivity index (χ2v) is 6.18. The van der Waals surface area contributed by atoms with Crippen molar-refractivity contribution in [1.29, 1.82) is 0 Å². The molecule has 0 amide bonds. The fraction of sp³-hybridized carbons (Fsp3) is 0.625. The van der Waals surface area contributed by atoms with E-state index in [4.69, 9.17) is 0 Å². The Labute approximate surface area is 121 Å². The molecule has 1 aromatic rings. The van der Waals surface area contributed by atoms with E-state index in [9.17, 15) is 0 Å². The molecule has 0 radical (unpaired) electrons. The molecule has 1 rings (SSSR count). The summed E-state index contributed by atoms with van der Waals surface area (Å²) in [5, 5.41) is 1.13. The minimum absolute atomic E-state index is 0.626. The van der Waals surface area contributed by atoms with Gasteiger partial charge in [0.25, 0.3) is 0 Å². The zero-order valence-electron chi connectivity index (χ0n) is 12.0. The van der Waals surface area contributed by atoms with Crippen molar-refractivity contribution in [3.8, 4) is 0 Å². The van der Waals surface area contributed by atoms with E-state index in [-0.39, 0.29) is 0 Å². The van der Waals surface area contributed by atoms with Gasteiger partial charge in [0.1, 0.15) is 0 Å². The highest BCUT2D eigenvalue weighted by atomic mass is 79.9. The van der Waals surface area contributed by atoms with E-state index in [0.717, 1.165) is 11.9 Å². The van der Waals surface area contributed by atoms with Gasteiger partial charge in [-0.1, -0.05) is 60.5 Å². The molecule has 0 fully saturated rings. The first-order valence-corrected chi connectivity index (χ1v) is 8.09. The van der Waals surface area contributed by atoms with Crippen molar-refractivity contribution in [2.24, 2.45) is 0 Å². The first kappa shape index (κ1) is 15.7. The van der Waals surface area contributed by atoms with E-state index in [0.29, 0.717) is 5.92 Å². The Morgan fingerprint density at radius 1 is 1.06 bits per heavy atom. The molecule has 2 heteroatoms. The summed E-state index contributed by atoms with van der Waals surface area (Å²) in [4.78, 5) is 2.42. The van der Waals surface area contributed by atoms with Gasteiger partial charge in [0.2, 0.25) is 0 Å². The summed E-state index contributed by atoms with van der Waals surface area (Å²) >= 11 is 3.48. The van der Waals surface area contributed by atoms with Crippen LogP contribution in [-0.4, -0.2) is 23.8 Å². The predicted molar refractivity (Wildman–Crippen MR) is 84.5 cm³/mol. The minimum Gasteiger partial charge on any atom is -0.302 e. The van der Waals surface area contributed by atoms with Crippen molar-refractivity contribution in [1.82, 2.24) is 4.90 Å². The van der Waals surface area contributed by atoms with E-state index in [1.165, 1.54) is 36.9 Å². The van der Waals surface area contributed by atoms with Crippen LogP contribution in [0.5, 0.6) is 0 Å². The SMILES string of the molecule is CC(C)c1ccc(CN(C)CCCCCBr)cc1. The number of alkyl halides is 1. The number of nitrogens with zero attached hydrogens (tertiary/aromatic N) is 1. The molecular formula is C16H26BrN. The van der Waals surface area contributed by atoms with Gasteiger partial charge in [0, 0.05) is 11.9 Å². The Hall–Kier alpha value is -0.340. The zero-order chi connectivity index (χ0) is 13.4. The number of hydrogen-bond acceptors (Lipinski definition) is 1. The molecule has 0 aromatic heterocycles. The maximum absolute atomic E-state index is 3.48. The quantitative estimate of drug-likeness (QED) is 0.492. The molecule has 0 atom stereocenters. The second-order valence-electron chi connectivity index (χ2n) is 5.38. The largest absolute Gasteiger partial charge is 0.302 e. The van der Waals surface area contributed by atoms with Crippen LogP contribution in [0.2, 0.25) is 0 Å². The van der Waals surface area contributed by atoms with Crippen LogP contribution in [0.25, 0.3) is 0 Å². The summed E-state index contributed by atoms with van der Waals surface area (Å²) in [6, 6.07) is 9.06. The van der Waals surface area contributed by atoms with E-state index in [1.807, 2.05) is 0 Å². The molecule has 0 bridgehead atoms. The smallest absolute Gasteiger partial charge is 0.0230 e. The molecule has 0 aliphatic carbocycles. The van der Waals surface area contributed by atoms with Gasteiger partial charge in [0.15, 0.2) is 0 Å². The number of benzene rings is 1. The molecule has 0 spiro atoms. The van der Waals surface area contributed by atoms with Gasteiger partial charge in [-0.05, 0) is 43.5 Å². The van der Waals surface area contributed by atoms with Crippen molar-refractivity contribution in [3.63, 3.8) is 0 Å². The Bertz CT molecular complexity index is 318. The summed E-state index contributed by atoms with van der Waals surface area (Å²) in [6.07, 6.45) is 3.91. The van der Waals surface area contributed by atoms with E-state index in [2.05, 4.69) is 66.0 Å². The molecule has 0 aliphatic rings. The maximum Gasteiger partial charge on any atom is 0.0230 e. The molecule has 0 unspecified atom stereocenters. The van der Waals surface area contributed by atoms with Crippen molar-refractivity contribution in [3.05, 3.63) is 35.4 Å². The fourth-order valence-corrected chi connectivity index (χ4v) is 2.45. The molecule has 0 heterocycles. The molecule has 0 saturated carbocycles. The van der Waals surface area contributed by atoms with Gasteiger partial charge in [0.05, 0.1) is 0 Å². The molecule has 0 aliphatic heterocycles. The molecule has 0 saturated heterocycles. The van der Waals surface area contributed by atoms with Gasteiger partial charge in [-0.2, -0.15) is 0 Å². The Balaban J connectivity index is 2.32. The van der Waals surface area contributed by atoms with E-state index < -0.39 is 0 Å².